The molecule has 0 aromatic rings. The highest BCUT2D eigenvalue weighted by molar-refractivity contribution is 6.69. The fourth-order valence-electron chi connectivity index (χ4n) is 5.07. The number of hydrogen-bond acceptors (Lipinski definition) is 3. The summed E-state index contributed by atoms with van der Waals surface area (Å²) in [5.41, 5.74) is 1.19. The minimum Gasteiger partial charge on any atom is -0.410 e. The molecule has 3 nitrogen and oxygen atoms in total. The van der Waals surface area contributed by atoms with Gasteiger partial charge in [-0.05, 0) is 75.1 Å². The van der Waals surface area contributed by atoms with E-state index < -0.39 is 8.32 Å². The van der Waals surface area contributed by atoms with Gasteiger partial charge in [-0.2, -0.15) is 0 Å². The second-order valence-electron chi connectivity index (χ2n) is 9.92. The summed E-state index contributed by atoms with van der Waals surface area (Å²) in [6.07, 6.45) is 7.05. The molecule has 3 unspecified atom stereocenters. The summed E-state index contributed by atoms with van der Waals surface area (Å²) in [5.74, 6) is 1.16. The van der Waals surface area contributed by atoms with Crippen LogP contribution in [0.5, 0.6) is 0 Å². The van der Waals surface area contributed by atoms with Gasteiger partial charge in [0.2, 0.25) is 0 Å². The van der Waals surface area contributed by atoms with Crippen LogP contribution in [0.4, 0.5) is 0 Å². The highest BCUT2D eigenvalue weighted by Gasteiger charge is 2.49. The fraction of sp³-hybridized carbons (Fsp3) is 0.864. The van der Waals surface area contributed by atoms with Gasteiger partial charge in [-0.25, -0.2) is 0 Å². The second kappa shape index (κ2) is 8.28. The topological polar surface area (TPSA) is 35.5 Å². The Morgan fingerprint density at radius 2 is 1.96 bits per heavy atom. The van der Waals surface area contributed by atoms with Crippen LogP contribution in [-0.2, 0) is 14.0 Å². The molecule has 0 aromatic heterocycles. The van der Waals surface area contributed by atoms with Gasteiger partial charge in [0.1, 0.15) is 5.78 Å². The normalized spacial score (nSPS) is 29.7. The van der Waals surface area contributed by atoms with Gasteiger partial charge in [-0.1, -0.05) is 27.4 Å². The predicted molar refractivity (Wildman–Crippen MR) is 111 cm³/mol. The Kier molecular flexibility index (Phi) is 6.95. The van der Waals surface area contributed by atoms with Crippen molar-refractivity contribution < 1.29 is 14.0 Å². The lowest BCUT2D eigenvalue weighted by Crippen LogP contribution is -2.45. The number of rotatable bonds is 9. The van der Waals surface area contributed by atoms with Crippen LogP contribution in [0.3, 0.4) is 0 Å². The third kappa shape index (κ3) is 5.08. The summed E-state index contributed by atoms with van der Waals surface area (Å²) in [6, 6.07) is 0. The third-order valence-electron chi connectivity index (χ3n) is 6.68. The molecule has 0 bridgehead atoms. The molecule has 0 aliphatic heterocycles. The summed E-state index contributed by atoms with van der Waals surface area (Å²) >= 11 is 0. The molecule has 26 heavy (non-hydrogen) atoms. The first-order valence-electron chi connectivity index (χ1n) is 10.5. The van der Waals surface area contributed by atoms with E-state index in [4.69, 9.17) is 9.16 Å². The molecule has 0 saturated heterocycles. The number of Topliss-reactive ketones (excluding diaryl/α,β-unsaturated/α-hetero) is 1. The van der Waals surface area contributed by atoms with Crippen LogP contribution < -0.4 is 0 Å². The van der Waals surface area contributed by atoms with Gasteiger partial charge in [0.15, 0.2) is 8.32 Å². The number of fused-ring (bicyclic) bond motifs is 1. The van der Waals surface area contributed by atoms with Crippen LogP contribution in [0.15, 0.2) is 12.2 Å². The minimum atomic E-state index is -1.62. The molecule has 2 aliphatic carbocycles. The molecule has 2 aliphatic rings. The van der Waals surface area contributed by atoms with Crippen LogP contribution in [-0.4, -0.2) is 32.9 Å². The number of ketones is 1. The molecule has 0 heterocycles. The van der Waals surface area contributed by atoms with E-state index in [1.54, 1.807) is 0 Å². The van der Waals surface area contributed by atoms with Crippen molar-refractivity contribution in [2.75, 3.05) is 13.2 Å². The Hall–Kier alpha value is -0.453. The van der Waals surface area contributed by atoms with Gasteiger partial charge in [0, 0.05) is 12.3 Å². The highest BCUT2D eigenvalue weighted by atomic mass is 28.4. The molecular weight excluding hydrogens is 340 g/mol. The van der Waals surface area contributed by atoms with E-state index >= 15 is 0 Å². The van der Waals surface area contributed by atoms with Gasteiger partial charge in [-0.3, -0.25) is 4.79 Å². The zero-order valence-electron chi connectivity index (χ0n) is 18.0. The van der Waals surface area contributed by atoms with Crippen molar-refractivity contribution >= 4 is 14.1 Å². The Balaban J connectivity index is 1.89. The lowest BCUT2D eigenvalue weighted by molar-refractivity contribution is -0.128. The van der Waals surface area contributed by atoms with Gasteiger partial charge >= 0.3 is 0 Å². The summed E-state index contributed by atoms with van der Waals surface area (Å²) in [6.45, 7) is 19.0. The van der Waals surface area contributed by atoms with Crippen LogP contribution in [0.2, 0.25) is 19.6 Å². The Labute approximate surface area is 162 Å². The average molecular weight is 381 g/mol. The quantitative estimate of drug-likeness (QED) is 0.377. The molecule has 2 rings (SSSR count). The smallest absolute Gasteiger partial charge is 0.184 e. The van der Waals surface area contributed by atoms with Crippen molar-refractivity contribution in [1.82, 2.24) is 0 Å². The van der Waals surface area contributed by atoms with Gasteiger partial charge in [0.25, 0.3) is 0 Å². The molecule has 2 saturated carbocycles. The lowest BCUT2D eigenvalue weighted by atomic mass is 9.69. The van der Waals surface area contributed by atoms with E-state index in [0.717, 1.165) is 38.5 Å². The molecule has 0 N–H and O–H groups in total. The largest absolute Gasteiger partial charge is 0.410 e. The molecule has 0 radical (unpaired) electrons. The second-order valence-corrected chi connectivity index (χ2v) is 14.3. The number of hydrogen-bond donors (Lipinski definition) is 0. The molecule has 0 aromatic carbocycles. The average Bonchev–Trinajstić information content (AvgIpc) is 2.91. The van der Waals surface area contributed by atoms with Crippen molar-refractivity contribution in [3.63, 3.8) is 0 Å². The maximum Gasteiger partial charge on any atom is 0.184 e. The van der Waals surface area contributed by atoms with E-state index in [0.29, 0.717) is 24.9 Å². The Morgan fingerprint density at radius 1 is 1.31 bits per heavy atom. The number of carbonyl (C=O) groups excluding carboxylic acids is 1. The summed E-state index contributed by atoms with van der Waals surface area (Å²) in [7, 11) is -1.62. The maximum absolute atomic E-state index is 12.3. The van der Waals surface area contributed by atoms with Crippen molar-refractivity contribution in [3.8, 4) is 0 Å². The van der Waals surface area contributed by atoms with E-state index in [2.05, 4.69) is 47.0 Å². The van der Waals surface area contributed by atoms with E-state index in [1.165, 1.54) is 12.0 Å². The summed E-state index contributed by atoms with van der Waals surface area (Å²) in [5, 5.41) is 0. The Morgan fingerprint density at radius 3 is 2.50 bits per heavy atom. The van der Waals surface area contributed by atoms with Gasteiger partial charge in [0.05, 0.1) is 18.8 Å². The molecule has 3 atom stereocenters. The monoisotopic (exact) mass is 380 g/mol. The highest BCUT2D eigenvalue weighted by Crippen LogP contribution is 2.54. The maximum atomic E-state index is 12.3. The van der Waals surface area contributed by atoms with Crippen molar-refractivity contribution in [2.45, 2.75) is 91.0 Å². The summed E-state index contributed by atoms with van der Waals surface area (Å²) in [4.78, 5) is 12.3. The number of carbonyl (C=O) groups is 1. The third-order valence-corrected chi connectivity index (χ3v) is 7.72. The first-order valence-corrected chi connectivity index (χ1v) is 13.9. The van der Waals surface area contributed by atoms with Crippen LogP contribution >= 0.6 is 0 Å². The van der Waals surface area contributed by atoms with E-state index in [-0.39, 0.29) is 16.9 Å². The molecular formula is C22H40O3Si. The first-order chi connectivity index (χ1) is 12.0. The van der Waals surface area contributed by atoms with E-state index in [1.807, 2.05) is 0 Å². The SMILES string of the molecule is C=C(COCC(CC)(CC)O[Si](C)(C)C)C1CC2C(=O)CCCC2(C)C1. The predicted octanol–water partition coefficient (Wildman–Crippen LogP) is 5.76. The summed E-state index contributed by atoms with van der Waals surface area (Å²) < 4.78 is 12.6. The van der Waals surface area contributed by atoms with Crippen molar-refractivity contribution in [3.05, 3.63) is 12.2 Å². The number of ether oxygens (including phenoxy) is 1. The van der Waals surface area contributed by atoms with E-state index in [9.17, 15) is 4.79 Å². The lowest BCUT2D eigenvalue weighted by Gasteiger charge is -2.38. The van der Waals surface area contributed by atoms with Crippen molar-refractivity contribution in [2.24, 2.45) is 17.3 Å². The Bertz CT molecular complexity index is 518. The minimum absolute atomic E-state index is 0.170. The molecule has 0 spiro atoms. The molecule has 2 fully saturated rings. The van der Waals surface area contributed by atoms with Gasteiger partial charge in [-0.15, -0.1) is 0 Å². The zero-order chi connectivity index (χ0) is 19.6. The standard InChI is InChI=1S/C22H40O3Si/c1-8-22(9-2,25-26(5,6)7)16-24-15-17(3)18-13-19-20(23)11-10-12-21(19,4)14-18/h18-19H,3,8-16H2,1-2,4-7H3. The first kappa shape index (κ1) is 21.8. The van der Waals surface area contributed by atoms with Crippen molar-refractivity contribution in [1.29, 1.82) is 0 Å². The molecule has 0 amide bonds. The zero-order valence-corrected chi connectivity index (χ0v) is 19.0. The van der Waals surface area contributed by atoms with Crippen LogP contribution in [0.25, 0.3) is 0 Å². The van der Waals surface area contributed by atoms with Crippen LogP contribution in [0, 0.1) is 17.3 Å². The van der Waals surface area contributed by atoms with Gasteiger partial charge < -0.3 is 9.16 Å². The molecule has 4 heteroatoms. The van der Waals surface area contributed by atoms with Crippen LogP contribution in [0.1, 0.15) is 65.7 Å². The fourth-order valence-corrected chi connectivity index (χ4v) is 6.72. The molecule has 150 valence electrons.